The maximum Gasteiger partial charge on any atom is 0.308 e. The number of hydrogen-bond acceptors (Lipinski definition) is 2. The number of hydrogen-bond donors (Lipinski definition) is 2. The zero-order chi connectivity index (χ0) is 15.4. The fraction of sp³-hybridized carbons (Fsp3) is 0.500. The predicted octanol–water partition coefficient (Wildman–Crippen LogP) is 3.41. The number of rotatable bonds is 3. The van der Waals surface area contributed by atoms with E-state index in [-0.39, 0.29) is 11.9 Å². The minimum absolute atomic E-state index is 0.293. The van der Waals surface area contributed by atoms with Crippen molar-refractivity contribution >= 4 is 23.5 Å². The molecule has 4 nitrogen and oxygen atoms in total. The number of aliphatic carboxylic acids is 1. The monoisotopic (exact) mass is 309 g/mol. The zero-order valence-electron chi connectivity index (χ0n) is 12.1. The van der Waals surface area contributed by atoms with Gasteiger partial charge in [0.2, 0.25) is 0 Å². The number of carbonyl (C=O) groups excluding carboxylic acids is 1. The number of halogens is 1. The van der Waals surface area contributed by atoms with E-state index in [0.717, 1.165) is 24.8 Å². The van der Waals surface area contributed by atoms with Crippen molar-refractivity contribution in [3.63, 3.8) is 0 Å². The molecule has 5 heteroatoms. The maximum atomic E-state index is 12.3. The molecule has 21 heavy (non-hydrogen) atoms. The standard InChI is InChI=1S/C16H20ClNO3/c1-10-7-8-11(13(17)9-10)15(19)18-14-6-4-2-3-5-12(14)16(20)21/h7-9,12,14H,2-6H2,1H3,(H,18,19)(H,20,21). The van der Waals surface area contributed by atoms with E-state index in [1.165, 1.54) is 0 Å². The van der Waals surface area contributed by atoms with E-state index in [4.69, 9.17) is 11.6 Å². The van der Waals surface area contributed by atoms with Gasteiger partial charge in [0, 0.05) is 6.04 Å². The van der Waals surface area contributed by atoms with Gasteiger partial charge in [-0.1, -0.05) is 36.9 Å². The zero-order valence-corrected chi connectivity index (χ0v) is 12.8. The minimum atomic E-state index is -0.836. The summed E-state index contributed by atoms with van der Waals surface area (Å²) < 4.78 is 0. The summed E-state index contributed by atoms with van der Waals surface area (Å²) in [5, 5.41) is 12.6. The first-order chi connectivity index (χ1) is 9.99. The average Bonchev–Trinajstić information content (AvgIpc) is 2.63. The van der Waals surface area contributed by atoms with Crippen molar-refractivity contribution in [3.8, 4) is 0 Å². The van der Waals surface area contributed by atoms with Crippen LogP contribution in [0.2, 0.25) is 5.02 Å². The summed E-state index contributed by atoms with van der Waals surface area (Å²) in [7, 11) is 0. The lowest BCUT2D eigenvalue weighted by molar-refractivity contribution is -0.142. The minimum Gasteiger partial charge on any atom is -0.481 e. The molecule has 0 saturated heterocycles. The van der Waals surface area contributed by atoms with E-state index in [9.17, 15) is 14.7 Å². The molecule has 0 bridgehead atoms. The van der Waals surface area contributed by atoms with Gasteiger partial charge in [0.1, 0.15) is 0 Å². The van der Waals surface area contributed by atoms with Crippen LogP contribution in [0, 0.1) is 12.8 Å². The van der Waals surface area contributed by atoms with E-state index in [2.05, 4.69) is 5.32 Å². The highest BCUT2D eigenvalue weighted by Crippen LogP contribution is 2.25. The van der Waals surface area contributed by atoms with Crippen molar-refractivity contribution in [1.82, 2.24) is 5.32 Å². The van der Waals surface area contributed by atoms with Gasteiger partial charge in [-0.15, -0.1) is 0 Å². The van der Waals surface area contributed by atoms with Gasteiger partial charge < -0.3 is 10.4 Å². The maximum absolute atomic E-state index is 12.3. The predicted molar refractivity (Wildman–Crippen MR) is 81.7 cm³/mol. The van der Waals surface area contributed by atoms with Crippen molar-refractivity contribution in [2.75, 3.05) is 0 Å². The van der Waals surface area contributed by atoms with Crippen LogP contribution in [0.5, 0.6) is 0 Å². The summed E-state index contributed by atoms with van der Waals surface area (Å²) in [4.78, 5) is 23.7. The molecule has 0 aliphatic heterocycles. The van der Waals surface area contributed by atoms with E-state index in [0.29, 0.717) is 23.4 Å². The second kappa shape index (κ2) is 6.94. The van der Waals surface area contributed by atoms with E-state index >= 15 is 0 Å². The van der Waals surface area contributed by atoms with Gasteiger partial charge >= 0.3 is 5.97 Å². The Kier molecular flexibility index (Phi) is 5.23. The van der Waals surface area contributed by atoms with Crippen molar-refractivity contribution in [2.45, 2.75) is 45.1 Å². The van der Waals surface area contributed by atoms with Crippen LogP contribution in [-0.4, -0.2) is 23.0 Å². The third kappa shape index (κ3) is 3.97. The Morgan fingerprint density at radius 2 is 1.95 bits per heavy atom. The third-order valence-electron chi connectivity index (χ3n) is 4.02. The summed E-state index contributed by atoms with van der Waals surface area (Å²) in [6.07, 6.45) is 4.17. The number of benzene rings is 1. The summed E-state index contributed by atoms with van der Waals surface area (Å²) >= 11 is 6.10. The lowest BCUT2D eigenvalue weighted by Gasteiger charge is -2.23. The molecular weight excluding hydrogens is 290 g/mol. The molecular formula is C16H20ClNO3. The van der Waals surface area contributed by atoms with Gasteiger partial charge in [-0.3, -0.25) is 9.59 Å². The van der Waals surface area contributed by atoms with Gasteiger partial charge in [0.25, 0.3) is 5.91 Å². The molecule has 2 atom stereocenters. The molecule has 1 aliphatic rings. The van der Waals surface area contributed by atoms with Crippen molar-refractivity contribution in [3.05, 3.63) is 34.3 Å². The summed E-state index contributed by atoms with van der Waals surface area (Å²) in [6, 6.07) is 4.91. The lowest BCUT2D eigenvalue weighted by Crippen LogP contribution is -2.42. The van der Waals surface area contributed by atoms with Gasteiger partial charge in [-0.05, 0) is 37.5 Å². The number of carboxylic acids is 1. The van der Waals surface area contributed by atoms with Gasteiger partial charge in [0.05, 0.1) is 16.5 Å². The third-order valence-corrected chi connectivity index (χ3v) is 4.33. The smallest absolute Gasteiger partial charge is 0.308 e. The molecule has 114 valence electrons. The van der Waals surface area contributed by atoms with E-state index in [1.807, 2.05) is 13.0 Å². The van der Waals surface area contributed by atoms with Crippen LogP contribution in [0.1, 0.15) is 48.0 Å². The average molecular weight is 310 g/mol. The van der Waals surface area contributed by atoms with Crippen LogP contribution in [0.15, 0.2) is 18.2 Å². The summed E-state index contributed by atoms with van der Waals surface area (Å²) in [6.45, 7) is 1.90. The molecule has 1 aromatic carbocycles. The molecule has 1 saturated carbocycles. The fourth-order valence-electron chi connectivity index (χ4n) is 2.83. The van der Waals surface area contributed by atoms with Crippen LogP contribution in [-0.2, 0) is 4.79 Å². The van der Waals surface area contributed by atoms with Gasteiger partial charge in [-0.2, -0.15) is 0 Å². The normalized spacial score (nSPS) is 22.4. The number of aryl methyl sites for hydroxylation is 1. The van der Waals surface area contributed by atoms with Crippen molar-refractivity contribution in [2.24, 2.45) is 5.92 Å². The molecule has 2 N–H and O–H groups in total. The molecule has 0 radical (unpaired) electrons. The van der Waals surface area contributed by atoms with Crippen LogP contribution in [0.4, 0.5) is 0 Å². The quantitative estimate of drug-likeness (QED) is 0.841. The molecule has 0 aromatic heterocycles. The number of amides is 1. The largest absolute Gasteiger partial charge is 0.481 e. The molecule has 1 amide bonds. The number of carbonyl (C=O) groups is 2. The first kappa shape index (κ1) is 15.8. The Balaban J connectivity index is 2.14. The van der Waals surface area contributed by atoms with Crippen molar-refractivity contribution < 1.29 is 14.7 Å². The Labute approximate surface area is 129 Å². The van der Waals surface area contributed by atoms with Gasteiger partial charge in [0.15, 0.2) is 0 Å². The summed E-state index contributed by atoms with van der Waals surface area (Å²) in [5.74, 6) is -1.64. The Hall–Kier alpha value is -1.55. The molecule has 0 spiro atoms. The Morgan fingerprint density at radius 1 is 1.24 bits per heavy atom. The molecule has 0 heterocycles. The summed E-state index contributed by atoms with van der Waals surface area (Å²) in [5.41, 5.74) is 1.38. The van der Waals surface area contributed by atoms with E-state index in [1.54, 1.807) is 12.1 Å². The fourth-order valence-corrected chi connectivity index (χ4v) is 3.15. The number of nitrogens with one attached hydrogen (secondary N) is 1. The van der Waals surface area contributed by atoms with E-state index < -0.39 is 11.9 Å². The lowest BCUT2D eigenvalue weighted by atomic mass is 9.94. The van der Waals surface area contributed by atoms with Crippen LogP contribution in [0.3, 0.4) is 0 Å². The highest BCUT2D eigenvalue weighted by atomic mass is 35.5. The molecule has 1 aliphatic carbocycles. The topological polar surface area (TPSA) is 66.4 Å². The first-order valence-corrected chi connectivity index (χ1v) is 7.66. The molecule has 1 fully saturated rings. The highest BCUT2D eigenvalue weighted by Gasteiger charge is 2.31. The molecule has 1 aromatic rings. The van der Waals surface area contributed by atoms with Crippen LogP contribution < -0.4 is 5.32 Å². The second-order valence-electron chi connectivity index (χ2n) is 5.65. The highest BCUT2D eigenvalue weighted by molar-refractivity contribution is 6.33. The van der Waals surface area contributed by atoms with Crippen molar-refractivity contribution in [1.29, 1.82) is 0 Å². The first-order valence-electron chi connectivity index (χ1n) is 7.29. The number of carboxylic acid groups (broad SMARTS) is 1. The second-order valence-corrected chi connectivity index (χ2v) is 6.05. The van der Waals surface area contributed by atoms with Crippen LogP contribution in [0.25, 0.3) is 0 Å². The molecule has 2 rings (SSSR count). The SMILES string of the molecule is Cc1ccc(C(=O)NC2CCCCCC2C(=O)O)c(Cl)c1. The molecule has 2 unspecified atom stereocenters. The van der Waals surface area contributed by atoms with Gasteiger partial charge in [-0.25, -0.2) is 0 Å². The van der Waals surface area contributed by atoms with Crippen LogP contribution >= 0.6 is 11.6 Å². The Morgan fingerprint density at radius 3 is 2.62 bits per heavy atom. The Bertz CT molecular complexity index is 544.